The van der Waals surface area contributed by atoms with E-state index in [0.29, 0.717) is 5.56 Å². The molecule has 1 amide bonds. The molecule has 0 saturated carbocycles. The van der Waals surface area contributed by atoms with Gasteiger partial charge in [0.25, 0.3) is 5.91 Å². The third-order valence-corrected chi connectivity index (χ3v) is 4.98. The van der Waals surface area contributed by atoms with E-state index in [1.54, 1.807) is 32.6 Å². The quantitative estimate of drug-likeness (QED) is 0.560. The molecule has 0 spiro atoms. The lowest BCUT2D eigenvalue weighted by atomic mass is 10.0. The third-order valence-electron chi connectivity index (χ3n) is 4.98. The van der Waals surface area contributed by atoms with Crippen molar-refractivity contribution in [3.8, 4) is 22.3 Å². The Morgan fingerprint density at radius 2 is 1.76 bits per heavy atom. The van der Waals surface area contributed by atoms with Gasteiger partial charge in [-0.15, -0.1) is 0 Å². The molecule has 1 atom stereocenters. The molecule has 6 nitrogen and oxygen atoms in total. The molecule has 6 heteroatoms. The first kappa shape index (κ1) is 18.8. The number of aryl methyl sites for hydroxylation is 1. The number of aromatic amines is 1. The van der Waals surface area contributed by atoms with Crippen LogP contribution in [-0.4, -0.2) is 45.0 Å². The molecule has 1 unspecified atom stereocenters. The summed E-state index contributed by atoms with van der Waals surface area (Å²) in [6.45, 7) is 2.06. The molecule has 0 radical (unpaired) electrons. The van der Waals surface area contributed by atoms with Gasteiger partial charge in [0, 0.05) is 66.5 Å². The van der Waals surface area contributed by atoms with E-state index in [2.05, 4.69) is 52.2 Å². The summed E-state index contributed by atoms with van der Waals surface area (Å²) in [5.41, 5.74) is 6.30. The summed E-state index contributed by atoms with van der Waals surface area (Å²) in [4.78, 5) is 25.4. The second-order valence-electron chi connectivity index (χ2n) is 7.33. The van der Waals surface area contributed by atoms with Crippen molar-refractivity contribution >= 4 is 16.9 Å². The Kier molecular flexibility index (Phi) is 4.86. The Balaban J connectivity index is 1.75. The minimum atomic E-state index is -1.25. The number of aliphatic hydroxyl groups excluding tert-OH is 1. The van der Waals surface area contributed by atoms with Crippen LogP contribution in [0.15, 0.2) is 61.2 Å². The minimum Gasteiger partial charge on any atom is -0.378 e. The van der Waals surface area contributed by atoms with Crippen LogP contribution in [0.3, 0.4) is 0 Å². The molecule has 1 aromatic carbocycles. The van der Waals surface area contributed by atoms with Crippen LogP contribution < -0.4 is 0 Å². The molecule has 0 saturated heterocycles. The third kappa shape index (κ3) is 3.62. The van der Waals surface area contributed by atoms with Gasteiger partial charge in [0.2, 0.25) is 0 Å². The average Bonchev–Trinajstić information content (AvgIpc) is 3.16. The monoisotopic (exact) mass is 386 g/mol. The Labute approximate surface area is 168 Å². The number of benzene rings is 1. The zero-order valence-corrected chi connectivity index (χ0v) is 16.5. The van der Waals surface area contributed by atoms with Crippen molar-refractivity contribution in [1.82, 2.24) is 19.9 Å². The van der Waals surface area contributed by atoms with E-state index in [1.807, 2.05) is 6.20 Å². The number of rotatable bonds is 4. The smallest absolute Gasteiger partial charge is 0.255 e. The first-order valence-electron chi connectivity index (χ1n) is 9.33. The molecule has 0 aliphatic heterocycles. The molecular formula is C23H22N4O2. The van der Waals surface area contributed by atoms with E-state index in [9.17, 15) is 9.90 Å². The summed E-state index contributed by atoms with van der Waals surface area (Å²) in [6.07, 6.45) is 5.69. The topological polar surface area (TPSA) is 82.1 Å². The SMILES string of the molecule is Cc1ccc(-c2c[nH]c3ncc(-c4cncc(C(O)C(=O)N(C)C)c4)cc23)cc1. The van der Waals surface area contributed by atoms with E-state index >= 15 is 0 Å². The Morgan fingerprint density at radius 1 is 1.03 bits per heavy atom. The summed E-state index contributed by atoms with van der Waals surface area (Å²) in [7, 11) is 3.22. The number of hydrogen-bond acceptors (Lipinski definition) is 4. The zero-order valence-electron chi connectivity index (χ0n) is 16.5. The van der Waals surface area contributed by atoms with E-state index in [0.717, 1.165) is 33.3 Å². The number of aliphatic hydroxyl groups is 1. The lowest BCUT2D eigenvalue weighted by Crippen LogP contribution is -2.28. The standard InChI is InChI=1S/C23H22N4O2/c1-14-4-6-15(7-5-14)20-13-26-22-19(20)9-17(12-25-22)16-8-18(11-24-10-16)21(28)23(29)27(2)3/h4-13,21,28H,1-3H3,(H,25,26). The highest BCUT2D eigenvalue weighted by molar-refractivity contribution is 5.95. The number of aromatic nitrogens is 3. The normalized spacial score (nSPS) is 12.1. The van der Waals surface area contributed by atoms with Crippen LogP contribution in [-0.2, 0) is 4.79 Å². The molecule has 0 aliphatic carbocycles. The Morgan fingerprint density at radius 3 is 2.48 bits per heavy atom. The number of fused-ring (bicyclic) bond motifs is 1. The van der Waals surface area contributed by atoms with Gasteiger partial charge >= 0.3 is 0 Å². The van der Waals surface area contributed by atoms with Crippen molar-refractivity contribution in [3.05, 3.63) is 72.3 Å². The highest BCUT2D eigenvalue weighted by Gasteiger charge is 2.20. The molecule has 4 rings (SSSR count). The molecule has 0 bridgehead atoms. The van der Waals surface area contributed by atoms with Crippen molar-refractivity contribution in [2.24, 2.45) is 0 Å². The van der Waals surface area contributed by atoms with Crippen molar-refractivity contribution in [1.29, 1.82) is 0 Å². The highest BCUT2D eigenvalue weighted by Crippen LogP contribution is 2.31. The lowest BCUT2D eigenvalue weighted by molar-refractivity contribution is -0.137. The van der Waals surface area contributed by atoms with E-state index in [-0.39, 0.29) is 5.91 Å². The Bertz CT molecular complexity index is 1180. The number of likely N-dealkylation sites (N-methyl/N-ethyl adjacent to an activating group) is 1. The molecule has 3 aromatic heterocycles. The fraction of sp³-hybridized carbons (Fsp3) is 0.174. The van der Waals surface area contributed by atoms with E-state index in [1.165, 1.54) is 16.7 Å². The maximum atomic E-state index is 12.1. The number of carbonyl (C=O) groups excluding carboxylic acids is 1. The number of hydrogen-bond donors (Lipinski definition) is 2. The number of amides is 1. The number of H-pyrrole nitrogens is 1. The summed E-state index contributed by atoms with van der Waals surface area (Å²) in [5.74, 6) is -0.384. The molecule has 2 N–H and O–H groups in total. The van der Waals surface area contributed by atoms with Crippen molar-refractivity contribution in [2.45, 2.75) is 13.0 Å². The van der Waals surface area contributed by atoms with Gasteiger partial charge in [-0.3, -0.25) is 9.78 Å². The first-order chi connectivity index (χ1) is 13.9. The summed E-state index contributed by atoms with van der Waals surface area (Å²) in [6, 6.07) is 12.2. The molecule has 3 heterocycles. The van der Waals surface area contributed by atoms with Crippen molar-refractivity contribution in [3.63, 3.8) is 0 Å². The summed E-state index contributed by atoms with van der Waals surface area (Å²) in [5, 5.41) is 11.3. The minimum absolute atomic E-state index is 0.384. The maximum Gasteiger partial charge on any atom is 0.255 e. The lowest BCUT2D eigenvalue weighted by Gasteiger charge is -2.16. The molecule has 4 aromatic rings. The van der Waals surface area contributed by atoms with Gasteiger partial charge in [-0.2, -0.15) is 0 Å². The van der Waals surface area contributed by atoms with E-state index < -0.39 is 6.10 Å². The second-order valence-corrected chi connectivity index (χ2v) is 7.33. The van der Waals surface area contributed by atoms with Crippen LogP contribution in [0.5, 0.6) is 0 Å². The van der Waals surface area contributed by atoms with Crippen molar-refractivity contribution < 1.29 is 9.90 Å². The fourth-order valence-electron chi connectivity index (χ4n) is 3.29. The first-order valence-corrected chi connectivity index (χ1v) is 9.33. The zero-order chi connectivity index (χ0) is 20.5. The largest absolute Gasteiger partial charge is 0.378 e. The number of nitrogens with zero attached hydrogens (tertiary/aromatic N) is 3. The van der Waals surface area contributed by atoms with Gasteiger partial charge < -0.3 is 15.0 Å². The second kappa shape index (κ2) is 7.48. The van der Waals surface area contributed by atoms with E-state index in [4.69, 9.17) is 0 Å². The molecule has 146 valence electrons. The summed E-state index contributed by atoms with van der Waals surface area (Å²) < 4.78 is 0. The number of carbonyl (C=O) groups is 1. The molecule has 0 fully saturated rings. The van der Waals surface area contributed by atoms with Crippen LogP contribution in [0.1, 0.15) is 17.2 Å². The van der Waals surface area contributed by atoms with Crippen LogP contribution in [0, 0.1) is 6.92 Å². The molecule has 29 heavy (non-hydrogen) atoms. The predicted octanol–water partition coefficient (Wildman–Crippen LogP) is 3.72. The van der Waals surface area contributed by atoms with Crippen LogP contribution >= 0.6 is 0 Å². The van der Waals surface area contributed by atoms with Gasteiger partial charge in [-0.1, -0.05) is 29.8 Å². The van der Waals surface area contributed by atoms with Gasteiger partial charge in [-0.05, 0) is 24.6 Å². The van der Waals surface area contributed by atoms with Crippen molar-refractivity contribution in [2.75, 3.05) is 14.1 Å². The molecular weight excluding hydrogens is 364 g/mol. The van der Waals surface area contributed by atoms with Gasteiger partial charge in [-0.25, -0.2) is 4.98 Å². The Hall–Kier alpha value is -3.51. The maximum absolute atomic E-state index is 12.1. The van der Waals surface area contributed by atoms with Crippen LogP contribution in [0.2, 0.25) is 0 Å². The number of pyridine rings is 2. The fourth-order valence-corrected chi connectivity index (χ4v) is 3.29. The van der Waals surface area contributed by atoms with Gasteiger partial charge in [0.05, 0.1) is 0 Å². The number of nitrogens with one attached hydrogen (secondary N) is 1. The average molecular weight is 386 g/mol. The van der Waals surface area contributed by atoms with Crippen LogP contribution in [0.4, 0.5) is 0 Å². The predicted molar refractivity (Wildman–Crippen MR) is 113 cm³/mol. The highest BCUT2D eigenvalue weighted by atomic mass is 16.3. The summed E-state index contributed by atoms with van der Waals surface area (Å²) >= 11 is 0. The molecule has 0 aliphatic rings. The van der Waals surface area contributed by atoms with Crippen LogP contribution in [0.25, 0.3) is 33.3 Å². The van der Waals surface area contributed by atoms with Gasteiger partial charge in [0.15, 0.2) is 6.10 Å². The van der Waals surface area contributed by atoms with Gasteiger partial charge in [0.1, 0.15) is 5.65 Å².